The van der Waals surface area contributed by atoms with E-state index in [0.717, 1.165) is 18.5 Å². The van der Waals surface area contributed by atoms with Crippen LogP contribution in [0.4, 0.5) is 11.4 Å². The van der Waals surface area contributed by atoms with Crippen molar-refractivity contribution in [3.8, 4) is 0 Å². The molecule has 2 fully saturated rings. The Morgan fingerprint density at radius 2 is 1.47 bits per heavy atom. The number of amides is 2. The quantitative estimate of drug-likeness (QED) is 0.544. The Kier molecular flexibility index (Phi) is 5.61. The van der Waals surface area contributed by atoms with Gasteiger partial charge in [-0.05, 0) is 49.2 Å². The van der Waals surface area contributed by atoms with Gasteiger partial charge in [0.1, 0.15) is 0 Å². The van der Waals surface area contributed by atoms with E-state index in [2.05, 4.69) is 0 Å². The van der Waals surface area contributed by atoms with Crippen molar-refractivity contribution in [3.63, 3.8) is 0 Å². The first kappa shape index (κ1) is 19.8. The number of ketones is 1. The number of carbonyl (C=O) groups is 4. The van der Waals surface area contributed by atoms with Crippen molar-refractivity contribution in [1.29, 1.82) is 0 Å². The van der Waals surface area contributed by atoms with Gasteiger partial charge in [-0.2, -0.15) is 0 Å². The van der Waals surface area contributed by atoms with E-state index in [4.69, 9.17) is 4.74 Å². The second-order valence-electron chi connectivity index (χ2n) is 7.36. The summed E-state index contributed by atoms with van der Waals surface area (Å²) in [6.07, 6.45) is 2.59. The second-order valence-corrected chi connectivity index (χ2v) is 7.36. The zero-order valence-corrected chi connectivity index (χ0v) is 16.5. The summed E-state index contributed by atoms with van der Waals surface area (Å²) in [5, 5.41) is 0. The average molecular weight is 406 g/mol. The molecule has 0 radical (unpaired) electrons. The third kappa shape index (κ3) is 3.96. The minimum absolute atomic E-state index is 0.0251. The summed E-state index contributed by atoms with van der Waals surface area (Å²) in [4.78, 5) is 52.2. The first-order valence-electron chi connectivity index (χ1n) is 10.0. The van der Waals surface area contributed by atoms with Gasteiger partial charge in [0.15, 0.2) is 12.4 Å². The second kappa shape index (κ2) is 8.49. The van der Waals surface area contributed by atoms with Crippen LogP contribution in [0.2, 0.25) is 0 Å². The van der Waals surface area contributed by atoms with Gasteiger partial charge in [-0.25, -0.2) is 4.79 Å². The molecule has 154 valence electrons. The molecule has 0 aliphatic carbocycles. The number of esters is 1. The monoisotopic (exact) mass is 406 g/mol. The van der Waals surface area contributed by atoms with Crippen molar-refractivity contribution < 1.29 is 23.9 Å². The fourth-order valence-electron chi connectivity index (χ4n) is 3.83. The summed E-state index contributed by atoms with van der Waals surface area (Å²) in [6.45, 7) is 0.847. The van der Waals surface area contributed by atoms with Crippen molar-refractivity contribution in [3.05, 3.63) is 59.7 Å². The van der Waals surface area contributed by atoms with Crippen LogP contribution in [0.15, 0.2) is 48.5 Å². The number of carbonyl (C=O) groups excluding carboxylic acids is 4. The third-order valence-electron chi connectivity index (χ3n) is 5.40. The molecule has 2 aliphatic heterocycles. The van der Waals surface area contributed by atoms with Crippen molar-refractivity contribution in [1.82, 2.24) is 0 Å². The maximum Gasteiger partial charge on any atom is 0.340 e. The number of hydrogen-bond acceptors (Lipinski definition) is 5. The van der Waals surface area contributed by atoms with Crippen molar-refractivity contribution in [2.75, 3.05) is 29.5 Å². The van der Waals surface area contributed by atoms with Gasteiger partial charge in [-0.1, -0.05) is 12.1 Å². The number of anilines is 2. The number of rotatable bonds is 6. The summed E-state index contributed by atoms with van der Waals surface area (Å²) in [7, 11) is 0. The molecule has 4 rings (SSSR count). The molecule has 0 N–H and O–H groups in total. The Balaban J connectivity index is 1.40. The molecule has 7 heteroatoms. The van der Waals surface area contributed by atoms with Crippen LogP contribution >= 0.6 is 0 Å². The first-order chi connectivity index (χ1) is 14.5. The van der Waals surface area contributed by atoms with E-state index < -0.39 is 12.6 Å². The minimum Gasteiger partial charge on any atom is -0.454 e. The molecule has 0 aromatic heterocycles. The van der Waals surface area contributed by atoms with Crippen molar-refractivity contribution in [2.45, 2.75) is 25.7 Å². The van der Waals surface area contributed by atoms with Crippen LogP contribution < -0.4 is 9.80 Å². The maximum absolute atomic E-state index is 12.6. The lowest BCUT2D eigenvalue weighted by Gasteiger charge is -2.18. The zero-order valence-electron chi connectivity index (χ0n) is 16.5. The fourth-order valence-corrected chi connectivity index (χ4v) is 3.83. The van der Waals surface area contributed by atoms with Crippen LogP contribution in [-0.4, -0.2) is 43.3 Å². The summed E-state index contributed by atoms with van der Waals surface area (Å²) in [6, 6.07) is 13.5. The third-order valence-corrected chi connectivity index (χ3v) is 5.40. The smallest absolute Gasteiger partial charge is 0.340 e. The molecule has 0 saturated carbocycles. The molecule has 0 unspecified atom stereocenters. The van der Waals surface area contributed by atoms with Gasteiger partial charge in [-0.15, -0.1) is 0 Å². The molecule has 7 nitrogen and oxygen atoms in total. The molecule has 2 aromatic carbocycles. The van der Waals surface area contributed by atoms with Crippen LogP contribution in [-0.2, 0) is 14.3 Å². The Hall–Kier alpha value is -3.48. The van der Waals surface area contributed by atoms with Gasteiger partial charge in [0.25, 0.3) is 0 Å². The molecule has 2 amide bonds. The Morgan fingerprint density at radius 1 is 0.833 bits per heavy atom. The van der Waals surface area contributed by atoms with Crippen molar-refractivity contribution in [2.24, 2.45) is 0 Å². The highest BCUT2D eigenvalue weighted by atomic mass is 16.5. The molecule has 2 heterocycles. The number of ether oxygens (including phenoxy) is 1. The van der Waals surface area contributed by atoms with Gasteiger partial charge >= 0.3 is 5.97 Å². The number of benzene rings is 2. The van der Waals surface area contributed by atoms with Crippen molar-refractivity contribution >= 4 is 34.9 Å². The molecule has 2 aliphatic rings. The van der Waals surface area contributed by atoms with E-state index in [1.807, 2.05) is 0 Å². The molecule has 0 atom stereocenters. The molecular weight excluding hydrogens is 384 g/mol. The normalized spacial score (nSPS) is 16.3. The molecular formula is C23H22N2O5. The van der Waals surface area contributed by atoms with Crippen LogP contribution in [0.25, 0.3) is 0 Å². The first-order valence-corrected chi connectivity index (χ1v) is 10.0. The Bertz CT molecular complexity index is 999. The standard InChI is InChI=1S/C23H22N2O5/c26-20(16-9-11-17(12-10-16)24-13-3-7-21(24)27)15-30-23(29)18-5-1-2-6-19(18)25-14-4-8-22(25)28/h1-2,5-6,9-12H,3-4,7-8,13-15H2. The van der Waals surface area contributed by atoms with Gasteiger partial charge in [0, 0.05) is 37.2 Å². The Labute approximate surface area is 174 Å². The predicted octanol–water partition coefficient (Wildman–Crippen LogP) is 2.98. The maximum atomic E-state index is 12.6. The highest BCUT2D eigenvalue weighted by Gasteiger charge is 2.26. The SMILES string of the molecule is O=C(COC(=O)c1ccccc1N1CCCC1=O)c1ccc(N2CCCC2=O)cc1. The molecule has 30 heavy (non-hydrogen) atoms. The van der Waals surface area contributed by atoms with E-state index in [-0.39, 0.29) is 23.2 Å². The van der Waals surface area contributed by atoms with Gasteiger partial charge in [-0.3, -0.25) is 14.4 Å². The highest BCUT2D eigenvalue weighted by molar-refractivity contribution is 6.05. The lowest BCUT2D eigenvalue weighted by atomic mass is 10.1. The zero-order chi connectivity index (χ0) is 21.1. The lowest BCUT2D eigenvalue weighted by molar-refractivity contribution is -0.117. The number of para-hydroxylation sites is 1. The fraction of sp³-hybridized carbons (Fsp3) is 0.304. The highest BCUT2D eigenvalue weighted by Crippen LogP contribution is 2.26. The van der Waals surface area contributed by atoms with Crippen LogP contribution in [0.5, 0.6) is 0 Å². The summed E-state index contributed by atoms with van der Waals surface area (Å²) in [5.74, 6) is -0.920. The van der Waals surface area contributed by atoms with E-state index in [1.165, 1.54) is 0 Å². The van der Waals surface area contributed by atoms with E-state index in [0.29, 0.717) is 37.2 Å². The average Bonchev–Trinajstić information content (AvgIpc) is 3.39. The van der Waals surface area contributed by atoms with Gasteiger partial charge in [0.05, 0.1) is 11.3 Å². The predicted molar refractivity (Wildman–Crippen MR) is 111 cm³/mol. The summed E-state index contributed by atoms with van der Waals surface area (Å²) < 4.78 is 5.24. The van der Waals surface area contributed by atoms with Crippen LogP contribution in [0.3, 0.4) is 0 Å². The number of hydrogen-bond donors (Lipinski definition) is 0. The Morgan fingerprint density at radius 3 is 2.10 bits per heavy atom. The number of Topliss-reactive ketones (excluding diaryl/α,β-unsaturated/α-hetero) is 1. The summed E-state index contributed by atoms with van der Waals surface area (Å²) >= 11 is 0. The van der Waals surface area contributed by atoms with E-state index >= 15 is 0 Å². The van der Waals surface area contributed by atoms with Gasteiger partial charge in [0.2, 0.25) is 11.8 Å². The summed E-state index contributed by atoms with van der Waals surface area (Å²) in [5.41, 5.74) is 1.94. The van der Waals surface area contributed by atoms with Crippen LogP contribution in [0.1, 0.15) is 46.4 Å². The molecule has 0 spiro atoms. The lowest BCUT2D eigenvalue weighted by Crippen LogP contribution is -2.26. The van der Waals surface area contributed by atoms with Gasteiger partial charge < -0.3 is 14.5 Å². The topological polar surface area (TPSA) is 84.0 Å². The van der Waals surface area contributed by atoms with Crippen LogP contribution in [0, 0.1) is 0 Å². The minimum atomic E-state index is -0.641. The van der Waals surface area contributed by atoms with E-state index in [9.17, 15) is 19.2 Å². The molecule has 2 saturated heterocycles. The van der Waals surface area contributed by atoms with E-state index in [1.54, 1.807) is 58.3 Å². The largest absolute Gasteiger partial charge is 0.454 e. The molecule has 0 bridgehead atoms. The molecule has 2 aromatic rings. The number of nitrogens with zero attached hydrogens (tertiary/aromatic N) is 2.